The topological polar surface area (TPSA) is 71.3 Å². The number of hydrogen-bond donors (Lipinski definition) is 1. The average Bonchev–Trinajstić information content (AvgIpc) is 3.22. The van der Waals surface area contributed by atoms with Gasteiger partial charge >= 0.3 is 6.03 Å². The summed E-state index contributed by atoms with van der Waals surface area (Å²) in [6.07, 6.45) is 1.51. The van der Waals surface area contributed by atoms with Gasteiger partial charge < -0.3 is 14.7 Å². The first-order chi connectivity index (χ1) is 14.0. The predicted octanol–water partition coefficient (Wildman–Crippen LogP) is 4.90. The Hall–Kier alpha value is -3.22. The number of urea groups is 1. The summed E-state index contributed by atoms with van der Waals surface area (Å²) >= 11 is 0. The lowest BCUT2D eigenvalue weighted by atomic mass is 9.97. The third-order valence-corrected chi connectivity index (χ3v) is 5.52. The molecule has 1 fully saturated rings. The molecule has 0 atom stereocenters. The number of rotatable bonds is 3. The summed E-state index contributed by atoms with van der Waals surface area (Å²) < 4.78 is 18.5. The Kier molecular flexibility index (Phi) is 5.29. The number of nitrogens with one attached hydrogen (secondary N) is 1. The Morgan fingerprint density at radius 2 is 1.86 bits per heavy atom. The van der Waals surface area contributed by atoms with Crippen LogP contribution in [0.25, 0.3) is 11.4 Å². The van der Waals surface area contributed by atoms with Crippen molar-refractivity contribution in [3.63, 3.8) is 0 Å². The molecule has 6 nitrogen and oxygen atoms in total. The molecule has 0 saturated carbocycles. The highest BCUT2D eigenvalue weighted by Crippen LogP contribution is 2.29. The number of piperidine rings is 1. The Morgan fingerprint density at radius 3 is 2.59 bits per heavy atom. The zero-order valence-electron chi connectivity index (χ0n) is 16.5. The van der Waals surface area contributed by atoms with E-state index in [-0.39, 0.29) is 17.8 Å². The highest BCUT2D eigenvalue weighted by Gasteiger charge is 2.28. The van der Waals surface area contributed by atoms with Gasteiger partial charge in [-0.3, -0.25) is 0 Å². The van der Waals surface area contributed by atoms with Gasteiger partial charge in [0.05, 0.1) is 0 Å². The van der Waals surface area contributed by atoms with E-state index in [1.807, 2.05) is 36.9 Å². The molecule has 0 radical (unpaired) electrons. The van der Waals surface area contributed by atoms with Crippen LogP contribution in [0.5, 0.6) is 0 Å². The van der Waals surface area contributed by atoms with E-state index < -0.39 is 0 Å². The normalized spacial score (nSPS) is 14.8. The summed E-state index contributed by atoms with van der Waals surface area (Å²) in [5, 5.41) is 7.03. The van der Waals surface area contributed by atoms with Gasteiger partial charge in [-0.05, 0) is 68.1 Å². The van der Waals surface area contributed by atoms with Crippen molar-refractivity contribution >= 4 is 11.7 Å². The Bertz CT molecular complexity index is 1010. The second kappa shape index (κ2) is 8.03. The highest BCUT2D eigenvalue weighted by molar-refractivity contribution is 5.90. The molecule has 0 unspecified atom stereocenters. The first-order valence-corrected chi connectivity index (χ1v) is 9.73. The number of likely N-dealkylation sites (tertiary alicyclic amines) is 1. The smallest absolute Gasteiger partial charge is 0.321 e. The van der Waals surface area contributed by atoms with E-state index in [0.717, 1.165) is 29.7 Å². The Balaban J connectivity index is 1.36. The van der Waals surface area contributed by atoms with Crippen molar-refractivity contribution in [3.05, 3.63) is 65.3 Å². The van der Waals surface area contributed by atoms with E-state index in [4.69, 9.17) is 4.52 Å². The second-order valence-corrected chi connectivity index (χ2v) is 7.40. The highest BCUT2D eigenvalue weighted by atomic mass is 19.1. The van der Waals surface area contributed by atoms with Gasteiger partial charge in [-0.25, -0.2) is 9.18 Å². The maximum absolute atomic E-state index is 13.1. The second-order valence-electron chi connectivity index (χ2n) is 7.40. The van der Waals surface area contributed by atoms with Gasteiger partial charge in [0.15, 0.2) is 0 Å². The molecular weight excluding hydrogens is 371 g/mol. The van der Waals surface area contributed by atoms with E-state index >= 15 is 0 Å². The van der Waals surface area contributed by atoms with E-state index in [2.05, 4.69) is 15.5 Å². The minimum atomic E-state index is -0.302. The number of hydrogen-bond acceptors (Lipinski definition) is 4. The van der Waals surface area contributed by atoms with E-state index in [9.17, 15) is 9.18 Å². The molecule has 1 aliphatic rings. The third-order valence-electron chi connectivity index (χ3n) is 5.52. The van der Waals surface area contributed by atoms with Gasteiger partial charge in [-0.15, -0.1) is 0 Å². The number of halogens is 1. The number of amides is 2. The van der Waals surface area contributed by atoms with Crippen LogP contribution in [-0.2, 0) is 0 Å². The summed E-state index contributed by atoms with van der Waals surface area (Å²) in [6, 6.07) is 11.8. The number of carbonyl (C=O) groups excluding carboxylic acids is 1. The molecule has 29 heavy (non-hydrogen) atoms. The molecule has 150 valence electrons. The minimum Gasteiger partial charge on any atom is -0.339 e. The number of carbonyl (C=O) groups is 1. The van der Waals surface area contributed by atoms with Gasteiger partial charge in [0.1, 0.15) is 5.82 Å². The molecule has 1 aliphatic heterocycles. The number of aryl methyl sites for hydroxylation is 1. The lowest BCUT2D eigenvalue weighted by Gasteiger charge is -2.30. The maximum atomic E-state index is 13.1. The van der Waals surface area contributed by atoms with Crippen LogP contribution in [0, 0.1) is 19.7 Å². The Morgan fingerprint density at radius 1 is 1.14 bits per heavy atom. The number of benzene rings is 2. The lowest BCUT2D eigenvalue weighted by molar-refractivity contribution is 0.187. The van der Waals surface area contributed by atoms with Crippen LogP contribution >= 0.6 is 0 Å². The molecule has 1 saturated heterocycles. The molecule has 4 rings (SSSR count). The summed E-state index contributed by atoms with van der Waals surface area (Å²) in [6.45, 7) is 5.28. The van der Waals surface area contributed by atoms with Crippen LogP contribution in [0.15, 0.2) is 47.0 Å². The molecule has 1 aromatic heterocycles. The summed E-state index contributed by atoms with van der Waals surface area (Å²) in [7, 11) is 0. The minimum absolute atomic E-state index is 0.0883. The first kappa shape index (κ1) is 19.1. The zero-order chi connectivity index (χ0) is 20.4. The van der Waals surface area contributed by atoms with Crippen molar-refractivity contribution in [2.24, 2.45) is 0 Å². The molecule has 7 heteroatoms. The van der Waals surface area contributed by atoms with Crippen molar-refractivity contribution in [3.8, 4) is 11.4 Å². The van der Waals surface area contributed by atoms with Gasteiger partial charge in [0, 0.05) is 30.3 Å². The first-order valence-electron chi connectivity index (χ1n) is 9.73. The fourth-order valence-electron chi connectivity index (χ4n) is 3.53. The fourth-order valence-corrected chi connectivity index (χ4v) is 3.53. The van der Waals surface area contributed by atoms with Crippen molar-refractivity contribution in [2.45, 2.75) is 32.6 Å². The maximum Gasteiger partial charge on any atom is 0.321 e. The predicted molar refractivity (Wildman–Crippen MR) is 108 cm³/mol. The summed E-state index contributed by atoms with van der Waals surface area (Å²) in [5.41, 5.74) is 3.79. The van der Waals surface area contributed by atoms with E-state index in [1.165, 1.54) is 12.1 Å². The molecule has 0 spiro atoms. The molecule has 3 aromatic rings. The van der Waals surface area contributed by atoms with Crippen molar-refractivity contribution < 1.29 is 13.7 Å². The molecule has 0 aliphatic carbocycles. The van der Waals surface area contributed by atoms with Crippen LogP contribution in [0.3, 0.4) is 0 Å². The van der Waals surface area contributed by atoms with Gasteiger partial charge in [0.2, 0.25) is 11.7 Å². The molecule has 2 aromatic carbocycles. The number of aromatic nitrogens is 2. The van der Waals surface area contributed by atoms with Gasteiger partial charge in [-0.1, -0.05) is 17.3 Å². The largest absolute Gasteiger partial charge is 0.339 e. The van der Waals surface area contributed by atoms with Crippen LogP contribution in [0.1, 0.15) is 35.8 Å². The SMILES string of the molecule is Cc1cccc(NC(=O)N2CCC(c3nc(-c4ccc(F)cc4)no3)CC2)c1C. The van der Waals surface area contributed by atoms with Crippen LogP contribution in [0.2, 0.25) is 0 Å². The van der Waals surface area contributed by atoms with E-state index in [0.29, 0.717) is 30.4 Å². The Labute approximate surface area is 168 Å². The number of nitrogens with zero attached hydrogens (tertiary/aromatic N) is 3. The van der Waals surface area contributed by atoms with Crippen LogP contribution < -0.4 is 5.32 Å². The molecule has 2 heterocycles. The third kappa shape index (κ3) is 4.13. The molecule has 1 N–H and O–H groups in total. The number of anilines is 1. The van der Waals surface area contributed by atoms with Gasteiger partial charge in [-0.2, -0.15) is 4.98 Å². The van der Waals surface area contributed by atoms with Crippen LogP contribution in [-0.4, -0.2) is 34.2 Å². The van der Waals surface area contributed by atoms with Crippen molar-refractivity contribution in [1.29, 1.82) is 0 Å². The van der Waals surface area contributed by atoms with Crippen LogP contribution in [0.4, 0.5) is 14.9 Å². The zero-order valence-corrected chi connectivity index (χ0v) is 16.5. The molecule has 2 amide bonds. The summed E-state index contributed by atoms with van der Waals surface area (Å²) in [4.78, 5) is 18.9. The van der Waals surface area contributed by atoms with Crippen molar-refractivity contribution in [1.82, 2.24) is 15.0 Å². The van der Waals surface area contributed by atoms with Gasteiger partial charge in [0.25, 0.3) is 0 Å². The quantitative estimate of drug-likeness (QED) is 0.686. The lowest BCUT2D eigenvalue weighted by Crippen LogP contribution is -2.40. The standard InChI is InChI=1S/C22H23FN4O2/c1-14-4-3-5-19(15(14)2)24-22(28)27-12-10-17(11-13-27)21-25-20(26-29-21)16-6-8-18(23)9-7-16/h3-9,17H,10-13H2,1-2H3,(H,24,28). The molecule has 0 bridgehead atoms. The average molecular weight is 394 g/mol. The molecular formula is C22H23FN4O2. The monoisotopic (exact) mass is 394 g/mol. The van der Waals surface area contributed by atoms with Crippen molar-refractivity contribution in [2.75, 3.05) is 18.4 Å². The fraction of sp³-hybridized carbons (Fsp3) is 0.318. The van der Waals surface area contributed by atoms with E-state index in [1.54, 1.807) is 12.1 Å². The summed E-state index contributed by atoms with van der Waals surface area (Å²) in [5.74, 6) is 0.833.